The lowest BCUT2D eigenvalue weighted by Gasteiger charge is -2.07. The van der Waals surface area contributed by atoms with Crippen LogP contribution in [0.25, 0.3) is 0 Å². The molecule has 1 aromatic heterocycles. The molecule has 0 radical (unpaired) electrons. The second-order valence-corrected chi connectivity index (χ2v) is 5.79. The van der Waals surface area contributed by atoms with Gasteiger partial charge in [-0.3, -0.25) is 0 Å². The molecule has 1 aromatic carbocycles. The van der Waals surface area contributed by atoms with E-state index < -0.39 is 10.0 Å². The Morgan fingerprint density at radius 2 is 1.95 bits per heavy atom. The Kier molecular flexibility index (Phi) is 4.21. The molecular formula is C13H14N2O4S. The quantitative estimate of drug-likeness (QED) is 0.867. The molecule has 0 unspecified atom stereocenters. The van der Waals surface area contributed by atoms with E-state index in [2.05, 4.69) is 9.71 Å². The summed E-state index contributed by atoms with van der Waals surface area (Å²) in [5, 5.41) is 9.15. The Hall–Kier alpha value is -2.12. The summed E-state index contributed by atoms with van der Waals surface area (Å²) in [6.45, 7) is 0.127. The molecule has 2 rings (SSSR count). The van der Waals surface area contributed by atoms with Gasteiger partial charge >= 0.3 is 0 Å². The summed E-state index contributed by atoms with van der Waals surface area (Å²) in [6, 6.07) is 8.67. The molecule has 6 nitrogen and oxygen atoms in total. The maximum atomic E-state index is 12.0. The molecule has 0 aliphatic heterocycles. The second kappa shape index (κ2) is 5.89. The van der Waals surface area contributed by atoms with Crippen molar-refractivity contribution in [1.82, 2.24) is 9.71 Å². The molecule has 0 atom stereocenters. The summed E-state index contributed by atoms with van der Waals surface area (Å²) in [5.41, 5.74) is 0.735. The van der Waals surface area contributed by atoms with Crippen LogP contribution < -0.4 is 9.46 Å². The van der Waals surface area contributed by atoms with E-state index >= 15 is 0 Å². The number of ether oxygens (including phenoxy) is 1. The van der Waals surface area contributed by atoms with Crippen molar-refractivity contribution in [2.24, 2.45) is 0 Å². The van der Waals surface area contributed by atoms with Crippen molar-refractivity contribution in [1.29, 1.82) is 0 Å². The SMILES string of the molecule is COc1cc(CNS(=O)(=O)c2ccc(O)cc2)ccn1. The molecule has 0 spiro atoms. The van der Waals surface area contributed by atoms with Gasteiger partial charge in [-0.15, -0.1) is 0 Å². The van der Waals surface area contributed by atoms with Crippen molar-refractivity contribution in [3.05, 3.63) is 48.2 Å². The van der Waals surface area contributed by atoms with Crippen LogP contribution in [0.4, 0.5) is 0 Å². The number of phenols is 1. The largest absolute Gasteiger partial charge is 0.508 e. The van der Waals surface area contributed by atoms with Crippen LogP contribution in [0.2, 0.25) is 0 Å². The number of sulfonamides is 1. The first-order valence-corrected chi connectivity index (χ1v) is 7.27. The number of benzene rings is 1. The first-order valence-electron chi connectivity index (χ1n) is 5.79. The molecule has 2 N–H and O–H groups in total. The van der Waals surface area contributed by atoms with Crippen molar-refractivity contribution in [2.45, 2.75) is 11.4 Å². The van der Waals surface area contributed by atoms with Crippen LogP contribution >= 0.6 is 0 Å². The lowest BCUT2D eigenvalue weighted by molar-refractivity contribution is 0.397. The molecule has 106 valence electrons. The summed E-state index contributed by atoms with van der Waals surface area (Å²) < 4.78 is 31.5. The zero-order valence-electron chi connectivity index (χ0n) is 10.8. The molecule has 2 aromatic rings. The van der Waals surface area contributed by atoms with E-state index in [-0.39, 0.29) is 17.2 Å². The number of nitrogens with zero attached hydrogens (tertiary/aromatic N) is 1. The van der Waals surface area contributed by atoms with E-state index in [0.717, 1.165) is 5.56 Å². The van der Waals surface area contributed by atoms with Gasteiger partial charge in [-0.25, -0.2) is 18.1 Å². The first-order chi connectivity index (χ1) is 9.51. The van der Waals surface area contributed by atoms with Gasteiger partial charge in [-0.1, -0.05) is 0 Å². The molecular weight excluding hydrogens is 280 g/mol. The maximum Gasteiger partial charge on any atom is 0.240 e. The lowest BCUT2D eigenvalue weighted by atomic mass is 10.3. The van der Waals surface area contributed by atoms with E-state index in [4.69, 9.17) is 9.84 Å². The Morgan fingerprint density at radius 1 is 1.25 bits per heavy atom. The third-order valence-corrected chi connectivity index (χ3v) is 4.04. The topological polar surface area (TPSA) is 88.5 Å². The first kappa shape index (κ1) is 14.3. The minimum absolute atomic E-state index is 0.0165. The molecule has 1 heterocycles. The van der Waals surface area contributed by atoms with Crippen LogP contribution in [0.3, 0.4) is 0 Å². The smallest absolute Gasteiger partial charge is 0.240 e. The fourth-order valence-electron chi connectivity index (χ4n) is 1.56. The zero-order valence-corrected chi connectivity index (χ0v) is 11.6. The molecule has 0 saturated carbocycles. The van der Waals surface area contributed by atoms with Gasteiger partial charge < -0.3 is 9.84 Å². The van der Waals surface area contributed by atoms with E-state index in [1.165, 1.54) is 31.4 Å². The van der Waals surface area contributed by atoms with Crippen molar-refractivity contribution >= 4 is 10.0 Å². The summed E-state index contributed by atoms with van der Waals surface area (Å²) in [6.07, 6.45) is 1.54. The molecule has 0 saturated heterocycles. The van der Waals surface area contributed by atoms with Crippen LogP contribution in [0.15, 0.2) is 47.5 Å². The predicted octanol–water partition coefficient (Wildman–Crippen LogP) is 1.27. The monoisotopic (exact) mass is 294 g/mol. The normalized spacial score (nSPS) is 11.2. The lowest BCUT2D eigenvalue weighted by Crippen LogP contribution is -2.23. The number of rotatable bonds is 5. The van der Waals surface area contributed by atoms with Crippen LogP contribution in [-0.2, 0) is 16.6 Å². The van der Waals surface area contributed by atoms with Gasteiger partial charge in [0.15, 0.2) is 0 Å². The Bertz CT molecular complexity index is 684. The highest BCUT2D eigenvalue weighted by Crippen LogP contribution is 2.15. The maximum absolute atomic E-state index is 12.0. The number of hydrogen-bond donors (Lipinski definition) is 2. The molecule has 0 aliphatic carbocycles. The zero-order chi connectivity index (χ0) is 14.6. The van der Waals surface area contributed by atoms with E-state index in [9.17, 15) is 8.42 Å². The summed E-state index contributed by atoms with van der Waals surface area (Å²) in [5.74, 6) is 0.439. The van der Waals surface area contributed by atoms with Crippen LogP contribution in [0.5, 0.6) is 11.6 Å². The summed E-state index contributed by atoms with van der Waals surface area (Å²) in [7, 11) is -2.12. The fraction of sp³-hybridized carbons (Fsp3) is 0.154. The molecule has 0 bridgehead atoms. The highest BCUT2D eigenvalue weighted by Gasteiger charge is 2.13. The number of aromatic hydroxyl groups is 1. The number of nitrogens with one attached hydrogen (secondary N) is 1. The molecule has 0 aliphatic rings. The Balaban J connectivity index is 2.10. The van der Waals surface area contributed by atoms with Crippen LogP contribution in [-0.4, -0.2) is 25.6 Å². The van der Waals surface area contributed by atoms with Gasteiger partial charge in [0.25, 0.3) is 0 Å². The van der Waals surface area contributed by atoms with Crippen LogP contribution in [0, 0.1) is 0 Å². The van der Waals surface area contributed by atoms with E-state index in [1.807, 2.05) is 0 Å². The third-order valence-electron chi connectivity index (χ3n) is 2.62. The highest BCUT2D eigenvalue weighted by molar-refractivity contribution is 7.89. The van der Waals surface area contributed by atoms with E-state index in [1.54, 1.807) is 18.3 Å². The highest BCUT2D eigenvalue weighted by atomic mass is 32.2. The molecule has 7 heteroatoms. The van der Waals surface area contributed by atoms with Gasteiger partial charge in [0.2, 0.25) is 15.9 Å². The number of phenolic OH excluding ortho intramolecular Hbond substituents is 1. The van der Waals surface area contributed by atoms with Gasteiger partial charge in [-0.2, -0.15) is 0 Å². The third kappa shape index (κ3) is 3.46. The molecule has 0 amide bonds. The number of aromatic nitrogens is 1. The minimum Gasteiger partial charge on any atom is -0.508 e. The molecule has 0 fully saturated rings. The average molecular weight is 294 g/mol. The Labute approximate surface area is 117 Å². The second-order valence-electron chi connectivity index (χ2n) is 4.02. The van der Waals surface area contributed by atoms with Crippen molar-refractivity contribution in [3.63, 3.8) is 0 Å². The van der Waals surface area contributed by atoms with Gasteiger partial charge in [0.05, 0.1) is 12.0 Å². The van der Waals surface area contributed by atoms with E-state index in [0.29, 0.717) is 5.88 Å². The van der Waals surface area contributed by atoms with Crippen molar-refractivity contribution in [3.8, 4) is 11.6 Å². The average Bonchev–Trinajstić information content (AvgIpc) is 2.46. The Morgan fingerprint density at radius 3 is 2.60 bits per heavy atom. The number of hydrogen-bond acceptors (Lipinski definition) is 5. The fourth-order valence-corrected chi connectivity index (χ4v) is 2.58. The predicted molar refractivity (Wildman–Crippen MR) is 72.9 cm³/mol. The summed E-state index contributed by atoms with van der Waals surface area (Å²) >= 11 is 0. The van der Waals surface area contributed by atoms with Crippen LogP contribution in [0.1, 0.15) is 5.56 Å². The van der Waals surface area contributed by atoms with Gasteiger partial charge in [0, 0.05) is 18.8 Å². The minimum atomic E-state index is -3.62. The molecule has 20 heavy (non-hydrogen) atoms. The van der Waals surface area contributed by atoms with Crippen molar-refractivity contribution in [2.75, 3.05) is 7.11 Å². The number of pyridine rings is 1. The van der Waals surface area contributed by atoms with Crippen molar-refractivity contribution < 1.29 is 18.3 Å². The van der Waals surface area contributed by atoms with Gasteiger partial charge in [-0.05, 0) is 35.9 Å². The standard InChI is InChI=1S/C13H14N2O4S/c1-19-13-8-10(6-7-14-13)9-15-20(17,18)12-4-2-11(16)3-5-12/h2-8,15-16H,9H2,1H3. The number of methoxy groups -OCH3 is 1. The van der Waals surface area contributed by atoms with Gasteiger partial charge in [0.1, 0.15) is 5.75 Å². The summed E-state index contributed by atoms with van der Waals surface area (Å²) in [4.78, 5) is 4.04.